The fraction of sp³-hybridized carbons (Fsp3) is 0.179. The Hall–Kier alpha value is -3.80. The Balaban J connectivity index is 1.54. The molecule has 1 fully saturated rings. The van der Waals surface area contributed by atoms with E-state index in [2.05, 4.69) is 4.98 Å². The Bertz CT molecular complexity index is 1680. The van der Waals surface area contributed by atoms with Gasteiger partial charge in [0.2, 0.25) is 5.13 Å². The van der Waals surface area contributed by atoms with Crippen molar-refractivity contribution in [2.24, 2.45) is 11.1 Å². The molecule has 11 heteroatoms. The minimum absolute atomic E-state index is 0.0650. The molecule has 1 aliphatic rings. The van der Waals surface area contributed by atoms with Crippen molar-refractivity contribution >= 4 is 29.3 Å². The van der Waals surface area contributed by atoms with Crippen molar-refractivity contribution in [2.45, 2.75) is 30.6 Å². The summed E-state index contributed by atoms with van der Waals surface area (Å²) in [7, 11) is 0. The molecule has 198 valence electrons. The maximum Gasteiger partial charge on any atom is 0.355 e. The van der Waals surface area contributed by atoms with Gasteiger partial charge < -0.3 is 9.52 Å². The largest absolute Gasteiger partial charge is 0.476 e. The summed E-state index contributed by atoms with van der Waals surface area (Å²) in [5.41, 5.74) is 3.91. The number of thiazole rings is 1. The number of carboxylic acid groups (broad SMARTS) is 1. The van der Waals surface area contributed by atoms with Crippen LogP contribution in [0.1, 0.15) is 40.2 Å². The average molecular weight is 565 g/mol. The maximum atomic E-state index is 14.8. The Morgan fingerprint density at radius 1 is 1.18 bits per heavy atom. The number of halogens is 2. The molecule has 1 saturated carbocycles. The van der Waals surface area contributed by atoms with Crippen LogP contribution in [0.15, 0.2) is 69.5 Å². The van der Waals surface area contributed by atoms with Gasteiger partial charge in [-0.25, -0.2) is 23.2 Å². The van der Waals surface area contributed by atoms with E-state index in [1.165, 1.54) is 35.1 Å². The first-order chi connectivity index (χ1) is 18.9. The minimum Gasteiger partial charge on any atom is -0.476 e. The Labute approximate surface area is 230 Å². The maximum absolute atomic E-state index is 14.8. The molecule has 6 rings (SSSR count). The second-order valence-corrected chi connectivity index (χ2v) is 10.9. The zero-order valence-electron chi connectivity index (χ0n) is 20.4. The van der Waals surface area contributed by atoms with E-state index in [-0.39, 0.29) is 5.69 Å². The summed E-state index contributed by atoms with van der Waals surface area (Å²) in [5, 5.41) is 21.8. The number of hydrogen-bond acceptors (Lipinski definition) is 7. The van der Waals surface area contributed by atoms with E-state index >= 15 is 0 Å². The van der Waals surface area contributed by atoms with Gasteiger partial charge in [-0.05, 0) is 85.2 Å². The Morgan fingerprint density at radius 3 is 2.69 bits per heavy atom. The fourth-order valence-electron chi connectivity index (χ4n) is 4.57. The number of benzene rings is 2. The average Bonchev–Trinajstić information content (AvgIpc) is 3.29. The fourth-order valence-corrected chi connectivity index (χ4v) is 5.66. The molecule has 0 saturated heterocycles. The topological polar surface area (TPSA) is 107 Å². The highest BCUT2D eigenvalue weighted by Crippen LogP contribution is 2.39. The molecule has 3 aromatic heterocycles. The first kappa shape index (κ1) is 25.5. The standard InChI is InChI=1S/C28H22F2N4O3S2/c29-20-7-6-17(13-18(20)24-2-1-9-37-24)26-19(10-16-5-8-25(39-31)21(30)11-16)23(12-15-3-4-15)34(33-26)28-32-22(14-38-28)27(35)36/h1-2,5-9,11,13-15H,3-4,10,12,31H2,(H,35,36). The molecule has 7 nitrogen and oxygen atoms in total. The van der Waals surface area contributed by atoms with Crippen molar-refractivity contribution in [2.75, 3.05) is 0 Å². The molecule has 2 aromatic carbocycles. The van der Waals surface area contributed by atoms with Gasteiger partial charge in [0.05, 0.1) is 28.1 Å². The molecule has 0 atom stereocenters. The molecule has 3 heterocycles. The first-order valence-electron chi connectivity index (χ1n) is 12.2. The zero-order valence-corrected chi connectivity index (χ0v) is 22.1. The van der Waals surface area contributed by atoms with Gasteiger partial charge in [0.15, 0.2) is 5.69 Å². The van der Waals surface area contributed by atoms with E-state index in [1.807, 2.05) is 6.07 Å². The van der Waals surface area contributed by atoms with Crippen LogP contribution in [0.4, 0.5) is 8.78 Å². The number of rotatable bonds is 9. The molecule has 1 aliphatic carbocycles. The van der Waals surface area contributed by atoms with Crippen LogP contribution in [0.2, 0.25) is 0 Å². The molecule has 0 aliphatic heterocycles. The number of aromatic nitrogens is 3. The van der Waals surface area contributed by atoms with Crippen molar-refractivity contribution in [1.29, 1.82) is 0 Å². The second-order valence-electron chi connectivity index (χ2n) is 9.38. The van der Waals surface area contributed by atoms with Crippen LogP contribution in [0.5, 0.6) is 0 Å². The lowest BCUT2D eigenvalue weighted by molar-refractivity contribution is 0.0691. The summed E-state index contributed by atoms with van der Waals surface area (Å²) in [5.74, 6) is -1.12. The van der Waals surface area contributed by atoms with Gasteiger partial charge in [-0.2, -0.15) is 5.10 Å². The van der Waals surface area contributed by atoms with E-state index in [9.17, 15) is 18.7 Å². The smallest absolute Gasteiger partial charge is 0.355 e. The summed E-state index contributed by atoms with van der Waals surface area (Å²) in [4.78, 5) is 16.2. The van der Waals surface area contributed by atoms with Crippen molar-refractivity contribution in [3.05, 3.63) is 94.3 Å². The second kappa shape index (κ2) is 10.4. The van der Waals surface area contributed by atoms with E-state index < -0.39 is 17.6 Å². The summed E-state index contributed by atoms with van der Waals surface area (Å²) in [6.07, 6.45) is 4.70. The number of nitrogens with two attached hydrogens (primary N) is 1. The van der Waals surface area contributed by atoms with Gasteiger partial charge in [-0.3, -0.25) is 5.14 Å². The van der Waals surface area contributed by atoms with Gasteiger partial charge in [-0.15, -0.1) is 11.3 Å². The number of furan rings is 1. The highest BCUT2D eigenvalue weighted by molar-refractivity contribution is 7.97. The first-order valence-corrected chi connectivity index (χ1v) is 14.0. The SMILES string of the molecule is NSc1ccc(Cc2c(-c3ccc(F)c(-c4ccco4)c3)nn(-c3nc(C(=O)O)cs3)c2CC2CC2)cc1F. The lowest BCUT2D eigenvalue weighted by Crippen LogP contribution is -2.06. The van der Waals surface area contributed by atoms with Crippen molar-refractivity contribution in [1.82, 2.24) is 14.8 Å². The van der Waals surface area contributed by atoms with Crippen LogP contribution >= 0.6 is 23.3 Å². The predicted octanol–water partition coefficient (Wildman–Crippen LogP) is 6.74. The van der Waals surface area contributed by atoms with E-state index in [1.54, 1.807) is 35.0 Å². The predicted molar refractivity (Wildman–Crippen MR) is 145 cm³/mol. The van der Waals surface area contributed by atoms with Crippen LogP contribution in [-0.2, 0) is 12.8 Å². The van der Waals surface area contributed by atoms with Gasteiger partial charge in [0, 0.05) is 22.9 Å². The molecule has 39 heavy (non-hydrogen) atoms. The van der Waals surface area contributed by atoms with Gasteiger partial charge in [0.25, 0.3) is 0 Å². The van der Waals surface area contributed by atoms with Crippen LogP contribution in [0, 0.1) is 17.6 Å². The van der Waals surface area contributed by atoms with Crippen LogP contribution < -0.4 is 5.14 Å². The van der Waals surface area contributed by atoms with E-state index in [4.69, 9.17) is 14.7 Å². The van der Waals surface area contributed by atoms with Crippen molar-refractivity contribution < 1.29 is 23.1 Å². The van der Waals surface area contributed by atoms with Crippen molar-refractivity contribution in [3.63, 3.8) is 0 Å². The molecule has 3 N–H and O–H groups in total. The quantitative estimate of drug-likeness (QED) is 0.191. The van der Waals surface area contributed by atoms with Gasteiger partial charge in [-0.1, -0.05) is 6.07 Å². The number of carbonyl (C=O) groups is 1. The lowest BCUT2D eigenvalue weighted by atomic mass is 9.96. The van der Waals surface area contributed by atoms with Crippen LogP contribution in [0.3, 0.4) is 0 Å². The highest BCUT2D eigenvalue weighted by atomic mass is 32.2. The van der Waals surface area contributed by atoms with Crippen molar-refractivity contribution in [3.8, 4) is 27.7 Å². The number of hydrogen-bond donors (Lipinski definition) is 2. The molecule has 0 bridgehead atoms. The van der Waals surface area contributed by atoms with E-state index in [0.29, 0.717) is 51.4 Å². The third kappa shape index (κ3) is 5.12. The van der Waals surface area contributed by atoms with Gasteiger partial charge in [0.1, 0.15) is 17.4 Å². The minimum atomic E-state index is -1.12. The summed E-state index contributed by atoms with van der Waals surface area (Å²) in [6, 6.07) is 13.0. The molecule has 0 unspecified atom stereocenters. The molecule has 5 aromatic rings. The molecule has 0 amide bonds. The summed E-state index contributed by atoms with van der Waals surface area (Å²) in [6.45, 7) is 0. The third-order valence-corrected chi connectivity index (χ3v) is 8.09. The highest BCUT2D eigenvalue weighted by Gasteiger charge is 2.29. The molecule has 0 spiro atoms. The molecule has 0 radical (unpaired) electrons. The van der Waals surface area contributed by atoms with Crippen LogP contribution in [-0.4, -0.2) is 25.8 Å². The normalized spacial score (nSPS) is 13.2. The Kier molecular flexibility index (Phi) is 6.79. The van der Waals surface area contributed by atoms with Gasteiger partial charge >= 0.3 is 5.97 Å². The zero-order chi connectivity index (χ0) is 27.1. The molecular formula is C28H22F2N4O3S2. The van der Waals surface area contributed by atoms with E-state index in [0.717, 1.165) is 41.6 Å². The summed E-state index contributed by atoms with van der Waals surface area (Å²) >= 11 is 2.03. The lowest BCUT2D eigenvalue weighted by Gasteiger charge is -2.10. The number of nitrogens with zero attached hydrogens (tertiary/aromatic N) is 3. The third-order valence-electron chi connectivity index (χ3n) is 6.69. The summed E-state index contributed by atoms with van der Waals surface area (Å²) < 4.78 is 36.6. The Morgan fingerprint density at radius 2 is 2.03 bits per heavy atom. The number of aromatic carboxylic acids is 1. The molecular weight excluding hydrogens is 542 g/mol. The van der Waals surface area contributed by atoms with Crippen LogP contribution in [0.25, 0.3) is 27.7 Å². The number of carboxylic acids is 1. The monoisotopic (exact) mass is 564 g/mol.